The van der Waals surface area contributed by atoms with Crippen molar-refractivity contribution in [2.75, 3.05) is 0 Å². The summed E-state index contributed by atoms with van der Waals surface area (Å²) in [5, 5.41) is 3.21. The maximum absolute atomic E-state index is 5.65. The molecule has 3 N–H and O–H groups in total. The van der Waals surface area contributed by atoms with Crippen LogP contribution in [0.15, 0.2) is 11.4 Å². The quantitative estimate of drug-likeness (QED) is 0.661. The average molecular weight is 267 g/mol. The van der Waals surface area contributed by atoms with Crippen molar-refractivity contribution >= 4 is 22.7 Å². The number of hydrogen-bond donors (Lipinski definition) is 2. The largest absolute Gasteiger partial charge is 0.271 e. The molecule has 2 aromatic rings. The fourth-order valence-corrected chi connectivity index (χ4v) is 3.45. The Kier molecular flexibility index (Phi) is 3.93. The number of aryl methyl sites for hydroxylation is 3. The van der Waals surface area contributed by atoms with Crippen LogP contribution >= 0.6 is 22.7 Å². The lowest BCUT2D eigenvalue weighted by Gasteiger charge is -2.12. The van der Waals surface area contributed by atoms with Gasteiger partial charge in [0.05, 0.1) is 16.7 Å². The Hall–Kier alpha value is -0.750. The van der Waals surface area contributed by atoms with E-state index in [0.717, 1.165) is 17.1 Å². The number of hydrazine groups is 1. The third kappa shape index (κ3) is 2.93. The molecule has 0 aliphatic carbocycles. The van der Waals surface area contributed by atoms with Crippen LogP contribution in [0, 0.1) is 20.8 Å². The van der Waals surface area contributed by atoms with Crippen molar-refractivity contribution < 1.29 is 0 Å². The smallest absolute Gasteiger partial charge is 0.0897 e. The van der Waals surface area contributed by atoms with Crippen LogP contribution in [0.1, 0.15) is 32.1 Å². The summed E-state index contributed by atoms with van der Waals surface area (Å²) in [6, 6.07) is 2.37. The number of aromatic nitrogens is 1. The lowest BCUT2D eigenvalue weighted by atomic mass is 10.1. The molecular formula is C12H17N3S2. The van der Waals surface area contributed by atoms with Gasteiger partial charge in [0.25, 0.3) is 0 Å². The molecule has 2 heterocycles. The number of rotatable bonds is 4. The molecule has 0 aliphatic heterocycles. The monoisotopic (exact) mass is 267 g/mol. The van der Waals surface area contributed by atoms with Gasteiger partial charge in [-0.2, -0.15) is 0 Å². The Morgan fingerprint density at radius 3 is 2.65 bits per heavy atom. The molecule has 5 heteroatoms. The first kappa shape index (κ1) is 12.7. The van der Waals surface area contributed by atoms with Crippen LogP contribution in [0.5, 0.6) is 0 Å². The van der Waals surface area contributed by atoms with Crippen LogP contribution in [-0.4, -0.2) is 4.98 Å². The number of nitrogens with two attached hydrogens (primary N) is 1. The first-order chi connectivity index (χ1) is 8.10. The van der Waals surface area contributed by atoms with Crippen molar-refractivity contribution in [1.29, 1.82) is 0 Å². The van der Waals surface area contributed by atoms with Crippen LogP contribution in [0.25, 0.3) is 0 Å². The molecular weight excluding hydrogens is 250 g/mol. The number of thiophene rings is 1. The van der Waals surface area contributed by atoms with E-state index in [9.17, 15) is 0 Å². The molecule has 92 valence electrons. The van der Waals surface area contributed by atoms with Crippen LogP contribution in [0.2, 0.25) is 0 Å². The van der Waals surface area contributed by atoms with Crippen molar-refractivity contribution in [2.24, 2.45) is 5.84 Å². The highest BCUT2D eigenvalue weighted by Gasteiger charge is 2.15. The molecule has 17 heavy (non-hydrogen) atoms. The number of thiazole rings is 1. The summed E-state index contributed by atoms with van der Waals surface area (Å²) in [6.07, 6.45) is 0.847. The number of nitrogens with zero attached hydrogens (tertiary/aromatic N) is 1. The average Bonchev–Trinajstić information content (AvgIpc) is 2.83. The van der Waals surface area contributed by atoms with E-state index in [2.05, 4.69) is 35.7 Å². The van der Waals surface area contributed by atoms with E-state index in [-0.39, 0.29) is 6.04 Å². The van der Waals surface area contributed by atoms with E-state index < -0.39 is 0 Å². The summed E-state index contributed by atoms with van der Waals surface area (Å²) in [7, 11) is 0. The molecule has 0 amide bonds. The highest BCUT2D eigenvalue weighted by Crippen LogP contribution is 2.28. The van der Waals surface area contributed by atoms with Crippen molar-refractivity contribution in [1.82, 2.24) is 10.4 Å². The minimum Gasteiger partial charge on any atom is -0.271 e. The zero-order valence-electron chi connectivity index (χ0n) is 10.3. The van der Waals surface area contributed by atoms with Crippen LogP contribution < -0.4 is 11.3 Å². The second-order valence-electron chi connectivity index (χ2n) is 4.17. The van der Waals surface area contributed by atoms with Crippen LogP contribution in [-0.2, 0) is 6.42 Å². The van der Waals surface area contributed by atoms with Gasteiger partial charge >= 0.3 is 0 Å². The summed E-state index contributed by atoms with van der Waals surface area (Å²) < 4.78 is 0. The summed E-state index contributed by atoms with van der Waals surface area (Å²) in [6.45, 7) is 6.30. The predicted molar refractivity (Wildman–Crippen MR) is 74.4 cm³/mol. The fourth-order valence-electron chi connectivity index (χ4n) is 1.73. The molecule has 0 radical (unpaired) electrons. The van der Waals surface area contributed by atoms with Gasteiger partial charge in [-0.05, 0) is 32.4 Å². The molecule has 2 rings (SSSR count). The van der Waals surface area contributed by atoms with Crippen LogP contribution in [0.4, 0.5) is 0 Å². The molecule has 2 aromatic heterocycles. The predicted octanol–water partition coefficient (Wildman–Crippen LogP) is 2.88. The minimum atomic E-state index is 0.161. The first-order valence-electron chi connectivity index (χ1n) is 5.54. The molecule has 0 aromatic carbocycles. The first-order valence-corrected chi connectivity index (χ1v) is 7.24. The van der Waals surface area contributed by atoms with E-state index in [0.29, 0.717) is 0 Å². The van der Waals surface area contributed by atoms with Gasteiger partial charge in [-0.25, -0.2) is 4.98 Å². The van der Waals surface area contributed by atoms with E-state index in [4.69, 9.17) is 5.84 Å². The van der Waals surface area contributed by atoms with Gasteiger partial charge in [-0.1, -0.05) is 0 Å². The second-order valence-corrected chi connectivity index (χ2v) is 6.52. The molecule has 0 fully saturated rings. The highest BCUT2D eigenvalue weighted by molar-refractivity contribution is 7.12. The third-order valence-electron chi connectivity index (χ3n) is 2.81. The molecule has 1 atom stereocenters. The lowest BCUT2D eigenvalue weighted by molar-refractivity contribution is 0.555. The molecule has 0 aliphatic rings. The fraction of sp³-hybridized carbons (Fsp3) is 0.417. The zero-order valence-corrected chi connectivity index (χ0v) is 11.9. The van der Waals surface area contributed by atoms with Crippen molar-refractivity contribution in [2.45, 2.75) is 33.2 Å². The highest BCUT2D eigenvalue weighted by atomic mass is 32.1. The summed E-state index contributed by atoms with van der Waals surface area (Å²) in [5.74, 6) is 5.65. The number of hydrogen-bond acceptors (Lipinski definition) is 5. The van der Waals surface area contributed by atoms with Gasteiger partial charge in [-0.15, -0.1) is 22.7 Å². The minimum absolute atomic E-state index is 0.161. The SMILES string of the molecule is Cc1nc(CC(NN)c2cc(C)c(C)s2)cs1. The molecule has 1 unspecified atom stereocenters. The Bertz CT molecular complexity index is 482. The Balaban J connectivity index is 2.16. The van der Waals surface area contributed by atoms with Gasteiger partial charge in [0.15, 0.2) is 0 Å². The van der Waals surface area contributed by atoms with Crippen molar-refractivity contribution in [3.8, 4) is 0 Å². The van der Waals surface area contributed by atoms with Gasteiger partial charge in [-0.3, -0.25) is 11.3 Å². The number of nitrogens with one attached hydrogen (secondary N) is 1. The summed E-state index contributed by atoms with van der Waals surface area (Å²) >= 11 is 3.49. The van der Waals surface area contributed by atoms with Gasteiger partial charge in [0, 0.05) is 21.6 Å². The Morgan fingerprint density at radius 2 is 2.18 bits per heavy atom. The van der Waals surface area contributed by atoms with Crippen molar-refractivity contribution in [3.05, 3.63) is 37.5 Å². The van der Waals surface area contributed by atoms with Gasteiger partial charge in [0.2, 0.25) is 0 Å². The third-order valence-corrected chi connectivity index (χ3v) is 4.90. The topological polar surface area (TPSA) is 50.9 Å². The summed E-state index contributed by atoms with van der Waals surface area (Å²) in [5.41, 5.74) is 5.34. The Labute approximate surface area is 110 Å². The maximum atomic E-state index is 5.65. The van der Waals surface area contributed by atoms with Crippen LogP contribution in [0.3, 0.4) is 0 Å². The van der Waals surface area contributed by atoms with Crippen molar-refractivity contribution in [3.63, 3.8) is 0 Å². The molecule has 0 bridgehead atoms. The van der Waals surface area contributed by atoms with Gasteiger partial charge < -0.3 is 0 Å². The standard InChI is InChI=1S/C12H17N3S2/c1-7-4-12(17-8(7)2)11(15-13)5-10-6-16-9(3)14-10/h4,6,11,15H,5,13H2,1-3H3. The Morgan fingerprint density at radius 1 is 1.41 bits per heavy atom. The van der Waals surface area contributed by atoms with E-state index in [1.807, 2.05) is 6.92 Å². The second kappa shape index (κ2) is 5.27. The molecule has 0 saturated carbocycles. The maximum Gasteiger partial charge on any atom is 0.0897 e. The van der Waals surface area contributed by atoms with E-state index >= 15 is 0 Å². The van der Waals surface area contributed by atoms with E-state index in [1.165, 1.54) is 15.3 Å². The van der Waals surface area contributed by atoms with E-state index in [1.54, 1.807) is 22.7 Å². The lowest BCUT2D eigenvalue weighted by Crippen LogP contribution is -2.29. The zero-order chi connectivity index (χ0) is 12.4. The molecule has 0 spiro atoms. The molecule has 3 nitrogen and oxygen atoms in total. The summed E-state index contributed by atoms with van der Waals surface area (Å²) in [4.78, 5) is 7.12. The normalized spacial score (nSPS) is 12.9. The van der Waals surface area contributed by atoms with Gasteiger partial charge in [0.1, 0.15) is 0 Å². The molecule has 0 saturated heterocycles.